The molecule has 3 rings (SSSR count). The van der Waals surface area contributed by atoms with E-state index in [1.807, 2.05) is 30.8 Å². The van der Waals surface area contributed by atoms with Crippen molar-refractivity contribution in [2.75, 3.05) is 20.1 Å². The molecule has 0 saturated heterocycles. The van der Waals surface area contributed by atoms with E-state index in [1.54, 1.807) is 11.3 Å². The summed E-state index contributed by atoms with van der Waals surface area (Å²) in [5.41, 5.74) is 3.15. The normalized spacial score (nSPS) is 11.2. The lowest BCUT2D eigenvalue weighted by molar-refractivity contribution is 0.486. The number of pyridine rings is 1. The maximum atomic E-state index is 4.78. The molecule has 0 aromatic carbocycles. The van der Waals surface area contributed by atoms with Crippen molar-refractivity contribution in [1.29, 1.82) is 0 Å². The summed E-state index contributed by atoms with van der Waals surface area (Å²) >= 11 is 1.80. The number of nitrogens with one attached hydrogen (secondary N) is 1. The van der Waals surface area contributed by atoms with Gasteiger partial charge in [0.1, 0.15) is 0 Å². The zero-order chi connectivity index (χ0) is 19.9. The Labute approximate surface area is 194 Å². The summed E-state index contributed by atoms with van der Waals surface area (Å²) in [5, 5.41) is 9.98. The van der Waals surface area contributed by atoms with Crippen LogP contribution in [0.1, 0.15) is 28.8 Å². The predicted molar refractivity (Wildman–Crippen MR) is 132 cm³/mol. The molecule has 0 aliphatic carbocycles. The van der Waals surface area contributed by atoms with Crippen molar-refractivity contribution in [3.8, 4) is 5.82 Å². The quantitative estimate of drug-likeness (QED) is 0.286. The molecule has 156 valence electrons. The molecule has 0 spiro atoms. The van der Waals surface area contributed by atoms with Crippen LogP contribution in [0, 0.1) is 13.8 Å². The van der Waals surface area contributed by atoms with Gasteiger partial charge < -0.3 is 10.2 Å². The van der Waals surface area contributed by atoms with Crippen LogP contribution in [0.4, 0.5) is 0 Å². The maximum Gasteiger partial charge on any atom is 0.193 e. The lowest BCUT2D eigenvalue weighted by Gasteiger charge is -2.21. The van der Waals surface area contributed by atoms with E-state index in [-0.39, 0.29) is 24.0 Å². The summed E-state index contributed by atoms with van der Waals surface area (Å²) < 4.78 is 1.87. The van der Waals surface area contributed by atoms with E-state index in [0.29, 0.717) is 6.54 Å². The zero-order valence-corrected chi connectivity index (χ0v) is 20.6. The number of hydrogen-bond donors (Lipinski definition) is 1. The molecule has 29 heavy (non-hydrogen) atoms. The highest BCUT2D eigenvalue weighted by atomic mass is 127. The van der Waals surface area contributed by atoms with Gasteiger partial charge in [0.15, 0.2) is 11.8 Å². The number of halogens is 1. The minimum absolute atomic E-state index is 0. The third-order valence-electron chi connectivity index (χ3n) is 4.42. The minimum atomic E-state index is 0. The Morgan fingerprint density at radius 3 is 2.69 bits per heavy atom. The molecule has 0 unspecified atom stereocenters. The Hall–Kier alpha value is -1.94. The van der Waals surface area contributed by atoms with Crippen molar-refractivity contribution < 1.29 is 0 Å². The summed E-state index contributed by atoms with van der Waals surface area (Å²) in [6.07, 6.45) is 2.90. The van der Waals surface area contributed by atoms with Crippen LogP contribution in [0.5, 0.6) is 0 Å². The number of aryl methyl sites for hydroxylation is 2. The first kappa shape index (κ1) is 23.3. The maximum absolute atomic E-state index is 4.78. The van der Waals surface area contributed by atoms with Gasteiger partial charge in [-0.3, -0.25) is 0 Å². The summed E-state index contributed by atoms with van der Waals surface area (Å²) in [4.78, 5) is 12.9. The number of guanidine groups is 1. The molecule has 0 aliphatic heterocycles. The minimum Gasteiger partial charge on any atom is -0.357 e. The van der Waals surface area contributed by atoms with Gasteiger partial charge >= 0.3 is 0 Å². The molecular formula is C21H29IN6S. The van der Waals surface area contributed by atoms with Crippen molar-refractivity contribution in [3.63, 3.8) is 0 Å². The van der Waals surface area contributed by atoms with Crippen LogP contribution in [0.25, 0.3) is 5.82 Å². The molecule has 0 saturated carbocycles. The van der Waals surface area contributed by atoms with E-state index in [4.69, 9.17) is 4.99 Å². The first-order valence-corrected chi connectivity index (χ1v) is 10.4. The first-order chi connectivity index (χ1) is 13.6. The average Bonchev–Trinajstić information content (AvgIpc) is 3.33. The van der Waals surface area contributed by atoms with Crippen molar-refractivity contribution in [2.24, 2.45) is 4.99 Å². The molecule has 1 N–H and O–H groups in total. The van der Waals surface area contributed by atoms with Gasteiger partial charge in [-0.15, -0.1) is 35.3 Å². The number of aliphatic imine (C=N–C) groups is 1. The largest absolute Gasteiger partial charge is 0.357 e. The van der Waals surface area contributed by atoms with Gasteiger partial charge in [-0.25, -0.2) is 14.7 Å². The first-order valence-electron chi connectivity index (χ1n) is 9.57. The molecule has 0 fully saturated rings. The molecule has 8 heteroatoms. The Morgan fingerprint density at radius 2 is 2.10 bits per heavy atom. The molecule has 0 aliphatic rings. The van der Waals surface area contributed by atoms with Gasteiger partial charge in [-0.2, -0.15) is 5.10 Å². The number of nitrogens with zero attached hydrogens (tertiary/aromatic N) is 5. The third-order valence-corrected chi connectivity index (χ3v) is 5.35. The van der Waals surface area contributed by atoms with E-state index in [2.05, 4.69) is 63.9 Å². The molecular weight excluding hydrogens is 495 g/mol. The van der Waals surface area contributed by atoms with Gasteiger partial charge in [0.05, 0.1) is 12.2 Å². The van der Waals surface area contributed by atoms with Crippen molar-refractivity contribution >= 4 is 41.3 Å². The molecule has 0 radical (unpaired) electrons. The van der Waals surface area contributed by atoms with Crippen LogP contribution in [0.3, 0.4) is 0 Å². The molecule has 6 nitrogen and oxygen atoms in total. The smallest absolute Gasteiger partial charge is 0.193 e. The fourth-order valence-corrected chi connectivity index (χ4v) is 3.67. The van der Waals surface area contributed by atoms with Crippen molar-refractivity contribution in [1.82, 2.24) is 25.0 Å². The Bertz CT molecular complexity index is 902. The summed E-state index contributed by atoms with van der Waals surface area (Å²) in [6, 6.07) is 10.4. The lowest BCUT2D eigenvalue weighted by Crippen LogP contribution is -2.39. The standard InChI is InChI=1S/C21H28N6S.HI/c1-5-22-21(26(4)11-10-19-7-6-12-28-19)24-15-18-8-9-20(23-14-18)27-17(3)13-16(2)25-27;/h6-9,12-14H,5,10-11,15H2,1-4H3,(H,22,24);1H. The highest BCUT2D eigenvalue weighted by Crippen LogP contribution is 2.12. The number of aromatic nitrogens is 3. The van der Waals surface area contributed by atoms with Gasteiger partial charge in [0.2, 0.25) is 0 Å². The van der Waals surface area contributed by atoms with E-state index >= 15 is 0 Å². The molecule has 3 aromatic rings. The van der Waals surface area contributed by atoms with Crippen LogP contribution in [-0.2, 0) is 13.0 Å². The van der Waals surface area contributed by atoms with Crippen LogP contribution in [-0.4, -0.2) is 45.8 Å². The summed E-state index contributed by atoms with van der Waals surface area (Å²) in [6.45, 7) is 8.49. The van der Waals surface area contributed by atoms with Crippen LogP contribution in [0.2, 0.25) is 0 Å². The van der Waals surface area contributed by atoms with Gasteiger partial charge in [-0.05, 0) is 56.3 Å². The number of likely N-dealkylation sites (N-methyl/N-ethyl adjacent to an activating group) is 1. The van der Waals surface area contributed by atoms with E-state index in [0.717, 1.165) is 48.2 Å². The van der Waals surface area contributed by atoms with E-state index in [9.17, 15) is 0 Å². The number of thiophene rings is 1. The highest BCUT2D eigenvalue weighted by Gasteiger charge is 2.08. The summed E-state index contributed by atoms with van der Waals surface area (Å²) in [5.74, 6) is 1.75. The topological polar surface area (TPSA) is 58.3 Å². The second-order valence-electron chi connectivity index (χ2n) is 6.78. The van der Waals surface area contributed by atoms with Gasteiger partial charge in [0.25, 0.3) is 0 Å². The van der Waals surface area contributed by atoms with Gasteiger partial charge in [-0.1, -0.05) is 12.1 Å². The Balaban J connectivity index is 0.00000300. The van der Waals surface area contributed by atoms with Crippen LogP contribution < -0.4 is 5.32 Å². The monoisotopic (exact) mass is 524 g/mol. The van der Waals surface area contributed by atoms with Crippen LogP contribution >= 0.6 is 35.3 Å². The molecule has 3 heterocycles. The predicted octanol–water partition coefficient (Wildman–Crippen LogP) is 4.20. The zero-order valence-electron chi connectivity index (χ0n) is 17.4. The molecule has 0 bridgehead atoms. The number of rotatable bonds is 7. The molecule has 0 atom stereocenters. The summed E-state index contributed by atoms with van der Waals surface area (Å²) in [7, 11) is 2.08. The third kappa shape index (κ3) is 6.53. The van der Waals surface area contributed by atoms with E-state index < -0.39 is 0 Å². The lowest BCUT2D eigenvalue weighted by atomic mass is 10.3. The van der Waals surface area contributed by atoms with Gasteiger partial charge in [0, 0.05) is 36.9 Å². The van der Waals surface area contributed by atoms with Crippen LogP contribution in [0.15, 0.2) is 46.9 Å². The second-order valence-corrected chi connectivity index (χ2v) is 7.82. The fraction of sp³-hybridized carbons (Fsp3) is 0.381. The molecule has 3 aromatic heterocycles. The second kappa shape index (κ2) is 11.3. The molecule has 0 amide bonds. The van der Waals surface area contributed by atoms with Crippen molar-refractivity contribution in [2.45, 2.75) is 33.7 Å². The fourth-order valence-electron chi connectivity index (χ4n) is 2.97. The SMILES string of the molecule is CCNC(=NCc1ccc(-n2nc(C)cc2C)nc1)N(C)CCc1cccs1.I. The van der Waals surface area contributed by atoms with Crippen molar-refractivity contribution in [3.05, 3.63) is 63.7 Å². The Kier molecular flexibility index (Phi) is 9.09. The average molecular weight is 524 g/mol. The Morgan fingerprint density at radius 1 is 1.28 bits per heavy atom. The highest BCUT2D eigenvalue weighted by molar-refractivity contribution is 14.0. The van der Waals surface area contributed by atoms with E-state index in [1.165, 1.54) is 4.88 Å². The number of hydrogen-bond acceptors (Lipinski definition) is 4.